The van der Waals surface area contributed by atoms with Crippen LogP contribution in [0.25, 0.3) is 0 Å². The van der Waals surface area contributed by atoms with Crippen LogP contribution in [0.1, 0.15) is 40.5 Å². The number of hydrogen-bond acceptors (Lipinski definition) is 2. The Bertz CT molecular complexity index is 323. The summed E-state index contributed by atoms with van der Waals surface area (Å²) in [7, 11) is 0. The van der Waals surface area contributed by atoms with Crippen LogP contribution >= 0.6 is 0 Å². The van der Waals surface area contributed by atoms with E-state index in [2.05, 4.69) is 26.0 Å². The van der Waals surface area contributed by atoms with Crippen molar-refractivity contribution >= 4 is 0 Å². The molecule has 1 spiro atoms. The highest BCUT2D eigenvalue weighted by molar-refractivity contribution is 5.28. The zero-order chi connectivity index (χ0) is 11.8. The molecule has 90 valence electrons. The Hall–Kier alpha value is -0.600. The van der Waals surface area contributed by atoms with Gasteiger partial charge in [-0.25, -0.2) is 0 Å². The maximum atomic E-state index is 5.78. The summed E-state index contributed by atoms with van der Waals surface area (Å²) in [5, 5.41) is 0. The standard InChI is InChI=1S/C14H22O2/c1-11(2)7-12-5-6-14(8-12)9-15-13(3,4)16-10-14/h5,7H,6,8-10H2,1-4H3. The second kappa shape index (κ2) is 4.01. The van der Waals surface area contributed by atoms with Crippen LogP contribution in [0.3, 0.4) is 0 Å². The van der Waals surface area contributed by atoms with Crippen molar-refractivity contribution in [3.8, 4) is 0 Å². The van der Waals surface area contributed by atoms with Gasteiger partial charge in [-0.3, -0.25) is 0 Å². The van der Waals surface area contributed by atoms with Crippen molar-refractivity contribution < 1.29 is 9.47 Å². The van der Waals surface area contributed by atoms with Crippen LogP contribution in [0.2, 0.25) is 0 Å². The highest BCUT2D eigenvalue weighted by atomic mass is 16.7. The van der Waals surface area contributed by atoms with Crippen LogP contribution in [0, 0.1) is 5.41 Å². The number of hydrogen-bond donors (Lipinski definition) is 0. The first-order valence-corrected chi connectivity index (χ1v) is 6.03. The molecule has 0 radical (unpaired) electrons. The van der Waals surface area contributed by atoms with Crippen molar-refractivity contribution in [2.24, 2.45) is 5.41 Å². The lowest BCUT2D eigenvalue weighted by Gasteiger charge is -2.41. The Balaban J connectivity index is 1.98. The predicted molar refractivity (Wildman–Crippen MR) is 65.2 cm³/mol. The lowest BCUT2D eigenvalue weighted by molar-refractivity contribution is -0.283. The Morgan fingerprint density at radius 3 is 2.44 bits per heavy atom. The van der Waals surface area contributed by atoms with Gasteiger partial charge in [0.1, 0.15) is 0 Å². The fraction of sp³-hybridized carbons (Fsp3) is 0.714. The van der Waals surface area contributed by atoms with E-state index in [-0.39, 0.29) is 5.41 Å². The molecule has 16 heavy (non-hydrogen) atoms. The molecule has 2 rings (SSSR count). The first kappa shape index (κ1) is 11.9. The van der Waals surface area contributed by atoms with Gasteiger partial charge in [0, 0.05) is 5.41 Å². The van der Waals surface area contributed by atoms with E-state index in [1.165, 1.54) is 11.1 Å². The van der Waals surface area contributed by atoms with Gasteiger partial charge in [0.25, 0.3) is 0 Å². The fourth-order valence-electron chi connectivity index (χ4n) is 2.36. The van der Waals surface area contributed by atoms with E-state index in [1.807, 2.05) is 13.8 Å². The maximum absolute atomic E-state index is 5.78. The van der Waals surface area contributed by atoms with Crippen molar-refractivity contribution in [2.45, 2.75) is 46.3 Å². The molecule has 0 bridgehead atoms. The highest BCUT2D eigenvalue weighted by Crippen LogP contribution is 2.43. The highest BCUT2D eigenvalue weighted by Gasteiger charge is 2.41. The van der Waals surface area contributed by atoms with Crippen LogP contribution in [0.4, 0.5) is 0 Å². The zero-order valence-electron chi connectivity index (χ0n) is 10.8. The Morgan fingerprint density at radius 1 is 1.25 bits per heavy atom. The topological polar surface area (TPSA) is 18.5 Å². The average Bonchev–Trinajstić information content (AvgIpc) is 2.55. The van der Waals surface area contributed by atoms with Gasteiger partial charge in [0.05, 0.1) is 13.2 Å². The van der Waals surface area contributed by atoms with Crippen LogP contribution in [0.15, 0.2) is 23.3 Å². The molecule has 0 aromatic carbocycles. The molecule has 1 saturated heterocycles. The Kier molecular flexibility index (Phi) is 2.97. The van der Waals surface area contributed by atoms with Gasteiger partial charge in [0.2, 0.25) is 0 Å². The molecular formula is C14H22O2. The van der Waals surface area contributed by atoms with Gasteiger partial charge in [-0.1, -0.05) is 23.3 Å². The van der Waals surface area contributed by atoms with Gasteiger partial charge < -0.3 is 9.47 Å². The summed E-state index contributed by atoms with van der Waals surface area (Å²) in [6.07, 6.45) is 6.78. The number of ether oxygens (including phenoxy) is 2. The largest absolute Gasteiger partial charge is 0.350 e. The third-order valence-corrected chi connectivity index (χ3v) is 3.30. The fourth-order valence-corrected chi connectivity index (χ4v) is 2.36. The van der Waals surface area contributed by atoms with E-state index in [1.54, 1.807) is 0 Å². The van der Waals surface area contributed by atoms with E-state index >= 15 is 0 Å². The minimum atomic E-state index is -0.398. The van der Waals surface area contributed by atoms with Gasteiger partial charge in [-0.2, -0.15) is 0 Å². The normalized spacial score (nSPS) is 26.6. The average molecular weight is 222 g/mol. The monoisotopic (exact) mass is 222 g/mol. The summed E-state index contributed by atoms with van der Waals surface area (Å²) in [6.45, 7) is 9.89. The summed E-state index contributed by atoms with van der Waals surface area (Å²) in [6, 6.07) is 0. The van der Waals surface area contributed by atoms with E-state index < -0.39 is 5.79 Å². The lowest BCUT2D eigenvalue weighted by atomic mass is 9.85. The Labute approximate surface area is 98.3 Å². The summed E-state index contributed by atoms with van der Waals surface area (Å²) < 4.78 is 11.6. The van der Waals surface area contributed by atoms with Gasteiger partial charge in [-0.05, 0) is 40.5 Å². The SMILES string of the molecule is CC(C)=CC1=CCC2(COC(C)(C)OC2)C1. The molecule has 1 aliphatic heterocycles. The molecule has 0 aromatic heterocycles. The van der Waals surface area contributed by atoms with E-state index in [0.717, 1.165) is 26.1 Å². The quantitative estimate of drug-likeness (QED) is 0.676. The van der Waals surface area contributed by atoms with Gasteiger partial charge in [-0.15, -0.1) is 0 Å². The first-order valence-electron chi connectivity index (χ1n) is 6.03. The molecule has 0 aromatic rings. The number of allylic oxidation sites excluding steroid dienone is 4. The van der Waals surface area contributed by atoms with Crippen LogP contribution < -0.4 is 0 Å². The molecule has 1 fully saturated rings. The molecule has 0 saturated carbocycles. The Morgan fingerprint density at radius 2 is 1.88 bits per heavy atom. The van der Waals surface area contributed by atoms with Crippen LogP contribution in [0.5, 0.6) is 0 Å². The molecule has 1 heterocycles. The molecule has 1 aliphatic carbocycles. The first-order chi connectivity index (χ1) is 7.41. The minimum absolute atomic E-state index is 0.205. The maximum Gasteiger partial charge on any atom is 0.162 e. The van der Waals surface area contributed by atoms with Crippen LogP contribution in [-0.4, -0.2) is 19.0 Å². The second-order valence-corrected chi connectivity index (χ2v) is 5.86. The van der Waals surface area contributed by atoms with E-state index in [4.69, 9.17) is 9.47 Å². The van der Waals surface area contributed by atoms with Crippen molar-refractivity contribution in [3.05, 3.63) is 23.3 Å². The van der Waals surface area contributed by atoms with E-state index in [9.17, 15) is 0 Å². The third-order valence-electron chi connectivity index (χ3n) is 3.30. The molecule has 0 atom stereocenters. The lowest BCUT2D eigenvalue weighted by Crippen LogP contribution is -2.45. The van der Waals surface area contributed by atoms with Crippen molar-refractivity contribution in [1.82, 2.24) is 0 Å². The summed E-state index contributed by atoms with van der Waals surface area (Å²) in [5.41, 5.74) is 3.00. The molecule has 0 unspecified atom stereocenters. The molecule has 0 amide bonds. The van der Waals surface area contributed by atoms with Crippen molar-refractivity contribution in [1.29, 1.82) is 0 Å². The molecule has 2 nitrogen and oxygen atoms in total. The molecule has 2 aliphatic rings. The van der Waals surface area contributed by atoms with E-state index in [0.29, 0.717) is 0 Å². The van der Waals surface area contributed by atoms with Crippen molar-refractivity contribution in [2.75, 3.05) is 13.2 Å². The summed E-state index contributed by atoms with van der Waals surface area (Å²) >= 11 is 0. The van der Waals surface area contributed by atoms with Crippen LogP contribution in [-0.2, 0) is 9.47 Å². The third kappa shape index (κ3) is 2.55. The smallest absolute Gasteiger partial charge is 0.162 e. The summed E-state index contributed by atoms with van der Waals surface area (Å²) in [4.78, 5) is 0. The second-order valence-electron chi connectivity index (χ2n) is 5.86. The molecular weight excluding hydrogens is 200 g/mol. The minimum Gasteiger partial charge on any atom is -0.350 e. The van der Waals surface area contributed by atoms with Crippen molar-refractivity contribution in [3.63, 3.8) is 0 Å². The molecule has 0 N–H and O–H groups in total. The number of rotatable bonds is 1. The molecule has 2 heteroatoms. The zero-order valence-corrected chi connectivity index (χ0v) is 10.8. The van der Waals surface area contributed by atoms with Gasteiger partial charge in [0.15, 0.2) is 5.79 Å². The summed E-state index contributed by atoms with van der Waals surface area (Å²) in [5.74, 6) is -0.398. The predicted octanol–water partition coefficient (Wildman–Crippen LogP) is 3.44. The van der Waals surface area contributed by atoms with Gasteiger partial charge >= 0.3 is 0 Å².